The van der Waals surface area contributed by atoms with Crippen LogP contribution in [0, 0.1) is 11.3 Å². The minimum atomic E-state index is -5.07. The minimum absolute atomic E-state index is 0. The van der Waals surface area contributed by atoms with E-state index in [1.807, 2.05) is 41.0 Å². The first-order chi connectivity index (χ1) is 39.7. The van der Waals surface area contributed by atoms with Crippen molar-refractivity contribution < 1.29 is 155 Å². The number of hydrogen-bond donors (Lipinski definition) is 3. The number of rotatable bonds is 9. The molecular weight excluding hydrogens is 1320 g/mol. The van der Waals surface area contributed by atoms with Gasteiger partial charge in [-0.05, 0) is 86.8 Å². The van der Waals surface area contributed by atoms with Gasteiger partial charge in [-0.25, -0.2) is 0 Å². The molecule has 0 aliphatic heterocycles. The SMILES string of the molecule is C.C.CC#N.C[C@H](N)c1c(Cl)c2cccc(Cl)c2c(=O)n1-c1ccccc1.C[C@H](NC(=O)C(F)(F)F)c1c(Cl)c2cccc(Cl)c2c(=O)n1-c1ccccc1.C[C@H](NC(=O)C(F)(F)F)c1cc2cccc(Cl)c2c(=O)n1-c1ccccc1.O=CO[O-].[H-].[K+].[K+]. The van der Waals surface area contributed by atoms with Crippen LogP contribution in [0.25, 0.3) is 49.4 Å². The Balaban J connectivity index is 0.00000121. The van der Waals surface area contributed by atoms with E-state index in [2.05, 4.69) is 4.89 Å². The van der Waals surface area contributed by atoms with Crippen molar-refractivity contribution in [3.05, 3.63) is 225 Å². The number of halogens is 11. The smallest absolute Gasteiger partial charge is 1.00 e. The normalized spacial score (nSPS) is 11.5. The summed E-state index contributed by atoms with van der Waals surface area (Å²) in [5.74, 6) is -4.21. The van der Waals surface area contributed by atoms with Gasteiger partial charge in [-0.1, -0.05) is 164 Å². The molecule has 15 nitrogen and oxygen atoms in total. The fourth-order valence-electron chi connectivity index (χ4n) is 8.42. The third-order valence-electron chi connectivity index (χ3n) is 11.9. The van der Waals surface area contributed by atoms with Gasteiger partial charge in [0.25, 0.3) is 23.2 Å². The summed E-state index contributed by atoms with van der Waals surface area (Å²) in [5.41, 5.74) is 7.16. The first-order valence-electron chi connectivity index (χ1n) is 24.3. The molecule has 3 atom stereocenters. The Kier molecular flexibility index (Phi) is 33.9. The molecule has 0 unspecified atom stereocenters. The molecule has 9 rings (SSSR count). The van der Waals surface area contributed by atoms with E-state index in [0.29, 0.717) is 49.0 Å². The topological polar surface area (TPSA) is 223 Å². The van der Waals surface area contributed by atoms with E-state index in [4.69, 9.17) is 79.1 Å². The van der Waals surface area contributed by atoms with E-state index in [0.717, 1.165) is 4.57 Å². The number of alkyl halides is 6. The Hall–Kier alpha value is -4.93. The van der Waals surface area contributed by atoms with Crippen LogP contribution in [0.1, 0.15) is 79.2 Å². The van der Waals surface area contributed by atoms with Crippen LogP contribution in [-0.4, -0.2) is 44.3 Å². The summed E-state index contributed by atoms with van der Waals surface area (Å²) in [5, 5.41) is 22.9. The zero-order valence-corrected chi connectivity index (χ0v) is 56.1. The van der Waals surface area contributed by atoms with Crippen LogP contribution in [0.3, 0.4) is 0 Å². The molecule has 0 saturated heterocycles. The molecule has 0 saturated carbocycles. The minimum Gasteiger partial charge on any atom is -1.00 e. The number of amides is 2. The molecule has 4 N–H and O–H groups in total. The number of nitriles is 1. The zero-order valence-electron chi connectivity index (χ0n) is 47.0. The van der Waals surface area contributed by atoms with E-state index < -0.39 is 53.4 Å². The van der Waals surface area contributed by atoms with Crippen molar-refractivity contribution in [3.63, 3.8) is 0 Å². The monoisotopic (exact) mass is 1370 g/mol. The largest absolute Gasteiger partial charge is 1.00 e. The average Bonchev–Trinajstić information content (AvgIpc) is 0.869. The Morgan fingerprint density at radius 1 is 0.580 bits per heavy atom. The molecule has 3 aromatic heterocycles. The second-order valence-electron chi connectivity index (χ2n) is 17.5. The Morgan fingerprint density at radius 2 is 0.898 bits per heavy atom. The van der Waals surface area contributed by atoms with Gasteiger partial charge in [-0.3, -0.25) is 42.5 Å². The second kappa shape index (κ2) is 36.8. The number of carbonyl (C=O) groups is 3. The molecule has 28 heteroatoms. The molecule has 0 bridgehead atoms. The Labute approximate surface area is 612 Å². The second-order valence-corrected chi connectivity index (χ2v) is 19.5. The van der Waals surface area contributed by atoms with Crippen LogP contribution >= 0.6 is 58.0 Å². The van der Waals surface area contributed by atoms with E-state index in [-0.39, 0.29) is 174 Å². The number of para-hydroxylation sites is 3. The number of pyridine rings is 3. The molecule has 3 heterocycles. The molecule has 9 aromatic rings. The summed E-state index contributed by atoms with van der Waals surface area (Å²) in [6, 6.07) is 41.3. The summed E-state index contributed by atoms with van der Waals surface area (Å²) in [6.45, 7) is 5.75. The van der Waals surface area contributed by atoms with Crippen LogP contribution in [0.5, 0.6) is 0 Å². The summed E-state index contributed by atoms with van der Waals surface area (Å²) in [7, 11) is 0. The first kappa shape index (κ1) is 81.1. The molecule has 456 valence electrons. The average molecular weight is 1370 g/mol. The van der Waals surface area contributed by atoms with Gasteiger partial charge in [0.15, 0.2) is 0 Å². The van der Waals surface area contributed by atoms with E-state index in [9.17, 15) is 50.3 Å². The van der Waals surface area contributed by atoms with Gasteiger partial charge in [-0.2, -0.15) is 31.6 Å². The molecular formula is C60H54Cl5F6K2N7O8. The van der Waals surface area contributed by atoms with Gasteiger partial charge in [0.2, 0.25) is 0 Å². The fourth-order valence-corrected chi connectivity index (χ4v) is 10.0. The maximum Gasteiger partial charge on any atom is 1.00 e. The molecule has 6 aromatic carbocycles. The van der Waals surface area contributed by atoms with Gasteiger partial charge >= 0.3 is 127 Å². The number of nitrogens with one attached hydrogen (secondary N) is 2. The predicted octanol–water partition coefficient (Wildman–Crippen LogP) is 8.10. The molecule has 0 fully saturated rings. The van der Waals surface area contributed by atoms with Crippen LogP contribution in [0.15, 0.2) is 166 Å². The van der Waals surface area contributed by atoms with Crippen molar-refractivity contribution in [2.45, 2.75) is 73.0 Å². The van der Waals surface area contributed by atoms with Crippen LogP contribution in [0.4, 0.5) is 26.3 Å². The van der Waals surface area contributed by atoms with Gasteiger partial charge in [0.1, 0.15) is 0 Å². The summed E-state index contributed by atoms with van der Waals surface area (Å²) in [4.78, 5) is 73.3. The summed E-state index contributed by atoms with van der Waals surface area (Å²) < 4.78 is 80.0. The zero-order chi connectivity index (χ0) is 62.4. The molecule has 0 radical (unpaired) electrons. The predicted molar refractivity (Wildman–Crippen MR) is 325 cm³/mol. The molecule has 0 spiro atoms. The fraction of sp³-hybridized carbons (Fsp3) is 0.183. The number of aromatic nitrogens is 3. The number of nitrogens with two attached hydrogens (primary N) is 1. The maximum absolute atomic E-state index is 13.2. The quantitative estimate of drug-likeness (QED) is 0.0414. The van der Waals surface area contributed by atoms with Gasteiger partial charge < -0.3 is 27.9 Å². The standard InChI is InChI=1S/C19H13Cl2F3N2O2.C19H14ClF3N2O2.C17H14Cl2N2O.C2H3N.CH2O3.2CH4.2K.H/c1-10(25-18(28)19(22,23)24)16-15(21)12-8-5-9-13(20)14(12)17(27)26(16)11-6-3-2-4-7-11;1-11(24-18(27)19(21,22)23)15-10-12-6-5-9-14(20)16(12)17(26)25(15)13-7-3-2-4-8-13;1-10(20)16-15(19)12-8-5-9-13(18)14(12)17(22)21(16)11-6-3-2-4-7-11;1-2-3;2-1-4-3;;;;;/h2-10H,1H3,(H,25,28);2-11H,1H3,(H,24,27);2-10H,20H2,1H3;1H3;1,3H;2*1H4;;;/q;;;;;;;2*+1;-1/p-1/t10-;11-;10-;;;;;;;/m000......./s1. The number of hydrogen-bond acceptors (Lipinski definition) is 10. The summed E-state index contributed by atoms with van der Waals surface area (Å²) >= 11 is 31.6. The first-order valence-corrected chi connectivity index (χ1v) is 26.2. The van der Waals surface area contributed by atoms with E-state index in [1.165, 1.54) is 31.4 Å². The van der Waals surface area contributed by atoms with E-state index >= 15 is 0 Å². The molecule has 0 aliphatic rings. The summed E-state index contributed by atoms with van der Waals surface area (Å²) in [6.07, 6.45) is -10.1. The van der Waals surface area contributed by atoms with Crippen molar-refractivity contribution in [3.8, 4) is 23.1 Å². The third kappa shape index (κ3) is 19.8. The molecule has 0 aliphatic carbocycles. The van der Waals surface area contributed by atoms with Crippen molar-refractivity contribution in [2.75, 3.05) is 0 Å². The Bertz CT molecular complexity index is 4090. The van der Waals surface area contributed by atoms with Crippen LogP contribution < -0.4 is 141 Å². The Morgan fingerprint density at radius 3 is 1.26 bits per heavy atom. The van der Waals surface area contributed by atoms with Gasteiger partial charge in [0.05, 0.1) is 70.8 Å². The molecule has 2 amide bonds. The van der Waals surface area contributed by atoms with Crippen molar-refractivity contribution in [2.24, 2.45) is 5.73 Å². The van der Waals surface area contributed by atoms with Crippen molar-refractivity contribution >= 4 is 109 Å². The van der Waals surface area contributed by atoms with Crippen LogP contribution in [0.2, 0.25) is 25.1 Å². The number of fused-ring (bicyclic) bond motifs is 3. The number of carbonyl (C=O) groups excluding carboxylic acids is 3. The van der Waals surface area contributed by atoms with E-state index in [1.54, 1.807) is 133 Å². The van der Waals surface area contributed by atoms with Crippen molar-refractivity contribution in [1.82, 2.24) is 24.3 Å². The third-order valence-corrected chi connectivity index (χ3v) is 13.6. The maximum atomic E-state index is 13.2. The van der Waals surface area contributed by atoms with Crippen LogP contribution in [-0.2, 0) is 19.3 Å². The number of benzene rings is 6. The number of nitrogens with zero attached hydrogens (tertiary/aromatic N) is 4. The van der Waals surface area contributed by atoms with Crippen molar-refractivity contribution in [1.29, 1.82) is 5.26 Å². The van der Waals surface area contributed by atoms with Gasteiger partial charge in [0, 0.05) is 46.5 Å². The van der Waals surface area contributed by atoms with Gasteiger partial charge in [-0.15, -0.1) is 0 Å². The molecule has 88 heavy (non-hydrogen) atoms.